The summed E-state index contributed by atoms with van der Waals surface area (Å²) in [5.74, 6) is 0.114. The van der Waals surface area contributed by atoms with Crippen molar-refractivity contribution in [2.45, 2.75) is 6.92 Å². The van der Waals surface area contributed by atoms with Gasteiger partial charge >= 0.3 is 0 Å². The topological polar surface area (TPSA) is 110 Å². The van der Waals surface area contributed by atoms with E-state index in [0.29, 0.717) is 5.82 Å². The third kappa shape index (κ3) is 4.51. The number of halogens is 1. The largest absolute Gasteiger partial charge is 0.451 e. The molecule has 0 saturated carbocycles. The summed E-state index contributed by atoms with van der Waals surface area (Å²) in [7, 11) is 0. The summed E-state index contributed by atoms with van der Waals surface area (Å²) in [6.07, 6.45) is 0. The van der Waals surface area contributed by atoms with Gasteiger partial charge in [-0.15, -0.1) is 0 Å². The first kappa shape index (κ1) is 19.9. The zero-order valence-electron chi connectivity index (χ0n) is 14.4. The van der Waals surface area contributed by atoms with Gasteiger partial charge in [0.25, 0.3) is 11.6 Å². The van der Waals surface area contributed by atoms with Crippen molar-refractivity contribution < 1.29 is 14.1 Å². The highest BCUT2D eigenvalue weighted by molar-refractivity contribution is 14.1. The number of pyridine rings is 1. The zero-order chi connectivity index (χ0) is 20.3. The fraction of sp³-hybridized carbons (Fsp3) is 0.0556. The van der Waals surface area contributed by atoms with Crippen LogP contribution < -0.4 is 10.6 Å². The van der Waals surface area contributed by atoms with Crippen LogP contribution in [0.25, 0.3) is 11.3 Å². The van der Waals surface area contributed by atoms with Gasteiger partial charge in [-0.25, -0.2) is 4.98 Å². The average Bonchev–Trinajstić information content (AvgIpc) is 3.15. The normalized spacial score (nSPS) is 10.4. The number of carbonyl (C=O) groups excluding carboxylic acids is 1. The van der Waals surface area contributed by atoms with Crippen molar-refractivity contribution in [1.29, 1.82) is 0 Å². The molecule has 0 aliphatic heterocycles. The predicted octanol–water partition coefficient (Wildman–Crippen LogP) is 4.29. The minimum Gasteiger partial charge on any atom is -0.451 e. The van der Waals surface area contributed by atoms with Gasteiger partial charge in [-0.3, -0.25) is 20.2 Å². The Bertz CT molecular complexity index is 1080. The molecule has 0 aliphatic carbocycles. The molecule has 0 atom stereocenters. The lowest BCUT2D eigenvalue weighted by molar-refractivity contribution is -0.384. The van der Waals surface area contributed by atoms with E-state index in [-0.39, 0.29) is 27.9 Å². The van der Waals surface area contributed by atoms with Gasteiger partial charge in [0.2, 0.25) is 0 Å². The second-order valence-corrected chi connectivity index (χ2v) is 7.18. The number of thiocarbonyl (C=S) groups is 1. The molecule has 0 aliphatic rings. The standard InChI is InChI=1S/C18H13IN4O4S/c1-10-12(19)6-9-16(20-10)21-18(28)22-17(24)15-8-7-14(27-15)11-4-2-3-5-13(11)23(25)26/h2-9H,1H3,(H2,20,21,22,24,28). The number of rotatable bonds is 4. The molecule has 0 fully saturated rings. The smallest absolute Gasteiger partial charge is 0.293 e. The third-order valence-corrected chi connectivity index (χ3v) is 5.03. The van der Waals surface area contributed by atoms with Crippen LogP contribution in [0, 0.1) is 20.6 Å². The van der Waals surface area contributed by atoms with Crippen molar-refractivity contribution in [3.63, 3.8) is 0 Å². The monoisotopic (exact) mass is 508 g/mol. The Morgan fingerprint density at radius 1 is 1.21 bits per heavy atom. The lowest BCUT2D eigenvalue weighted by Gasteiger charge is -2.09. The van der Waals surface area contributed by atoms with Crippen LogP contribution >= 0.6 is 34.8 Å². The Morgan fingerprint density at radius 2 is 1.96 bits per heavy atom. The van der Waals surface area contributed by atoms with Gasteiger partial charge < -0.3 is 9.73 Å². The van der Waals surface area contributed by atoms with E-state index in [2.05, 4.69) is 38.2 Å². The molecule has 0 radical (unpaired) electrons. The third-order valence-electron chi connectivity index (χ3n) is 3.69. The Balaban J connectivity index is 1.71. The first-order valence-corrected chi connectivity index (χ1v) is 9.43. The van der Waals surface area contributed by atoms with Crippen LogP contribution in [0.15, 0.2) is 52.9 Å². The van der Waals surface area contributed by atoms with Crippen molar-refractivity contribution in [3.8, 4) is 11.3 Å². The Morgan fingerprint density at radius 3 is 2.68 bits per heavy atom. The number of nitrogens with zero attached hydrogens (tertiary/aromatic N) is 2. The van der Waals surface area contributed by atoms with E-state index in [9.17, 15) is 14.9 Å². The van der Waals surface area contributed by atoms with Crippen LogP contribution in [0.1, 0.15) is 16.2 Å². The van der Waals surface area contributed by atoms with E-state index < -0.39 is 10.8 Å². The van der Waals surface area contributed by atoms with Crippen LogP contribution in [0.2, 0.25) is 0 Å². The lowest BCUT2D eigenvalue weighted by atomic mass is 10.1. The van der Waals surface area contributed by atoms with E-state index in [1.54, 1.807) is 24.3 Å². The summed E-state index contributed by atoms with van der Waals surface area (Å²) < 4.78 is 6.50. The van der Waals surface area contributed by atoms with Crippen molar-refractivity contribution in [2.24, 2.45) is 0 Å². The predicted molar refractivity (Wildman–Crippen MR) is 116 cm³/mol. The summed E-state index contributed by atoms with van der Waals surface area (Å²) in [6.45, 7) is 1.86. The number of hydrogen-bond donors (Lipinski definition) is 2. The van der Waals surface area contributed by atoms with E-state index in [1.165, 1.54) is 18.2 Å². The molecular formula is C18H13IN4O4S. The lowest BCUT2D eigenvalue weighted by Crippen LogP contribution is -2.34. The maximum absolute atomic E-state index is 12.3. The number of amides is 1. The summed E-state index contributed by atoms with van der Waals surface area (Å²) in [5, 5.41) is 16.5. The minimum absolute atomic E-state index is 0.0240. The molecule has 2 aromatic heterocycles. The Hall–Kier alpha value is -2.86. The summed E-state index contributed by atoms with van der Waals surface area (Å²) in [6, 6.07) is 12.7. The molecule has 0 unspecified atom stereocenters. The summed E-state index contributed by atoms with van der Waals surface area (Å²) in [5.41, 5.74) is 1.01. The zero-order valence-corrected chi connectivity index (χ0v) is 17.4. The number of nitro benzene ring substituents is 1. The molecule has 1 amide bonds. The quantitative estimate of drug-likeness (QED) is 0.234. The minimum atomic E-state index is -0.579. The van der Waals surface area contributed by atoms with E-state index >= 15 is 0 Å². The molecule has 10 heteroatoms. The first-order chi connectivity index (χ1) is 13.3. The van der Waals surface area contributed by atoms with Crippen molar-refractivity contribution >= 4 is 57.3 Å². The van der Waals surface area contributed by atoms with Gasteiger partial charge in [0.15, 0.2) is 10.9 Å². The number of aryl methyl sites for hydroxylation is 1. The van der Waals surface area contributed by atoms with E-state index in [1.807, 2.05) is 13.0 Å². The SMILES string of the molecule is Cc1nc(NC(=S)NC(=O)c2ccc(-c3ccccc3[N+](=O)[O-])o2)ccc1I. The highest BCUT2D eigenvalue weighted by Gasteiger charge is 2.19. The van der Waals surface area contributed by atoms with Gasteiger partial charge in [0.1, 0.15) is 11.6 Å². The van der Waals surface area contributed by atoms with Crippen molar-refractivity contribution in [2.75, 3.05) is 5.32 Å². The number of aromatic nitrogens is 1. The number of hydrogen-bond acceptors (Lipinski definition) is 6. The summed E-state index contributed by atoms with van der Waals surface area (Å²) in [4.78, 5) is 27.3. The second kappa shape index (κ2) is 8.44. The van der Waals surface area contributed by atoms with Gasteiger partial charge in [-0.2, -0.15) is 0 Å². The number of para-hydroxylation sites is 1. The van der Waals surface area contributed by atoms with Crippen molar-refractivity contribution in [3.05, 3.63) is 73.7 Å². The average molecular weight is 508 g/mol. The van der Waals surface area contributed by atoms with Gasteiger partial charge in [-0.05, 0) is 72.1 Å². The number of nitro groups is 1. The fourth-order valence-electron chi connectivity index (χ4n) is 2.37. The van der Waals surface area contributed by atoms with E-state index in [0.717, 1.165) is 9.26 Å². The number of furan rings is 1. The number of nitrogens with one attached hydrogen (secondary N) is 2. The molecule has 0 saturated heterocycles. The molecule has 0 spiro atoms. The molecule has 1 aromatic carbocycles. The Labute approximate surface area is 178 Å². The maximum Gasteiger partial charge on any atom is 0.293 e. The van der Waals surface area contributed by atoms with Crippen molar-refractivity contribution in [1.82, 2.24) is 10.3 Å². The maximum atomic E-state index is 12.3. The van der Waals surface area contributed by atoms with Crippen LogP contribution in [0.3, 0.4) is 0 Å². The second-order valence-electron chi connectivity index (χ2n) is 5.61. The van der Waals surface area contributed by atoms with Gasteiger partial charge in [-0.1, -0.05) is 12.1 Å². The molecule has 3 rings (SSSR count). The molecule has 142 valence electrons. The molecule has 8 nitrogen and oxygen atoms in total. The molecule has 2 heterocycles. The summed E-state index contributed by atoms with van der Waals surface area (Å²) >= 11 is 7.30. The Kier molecular flexibility index (Phi) is 5.99. The molecule has 0 bridgehead atoms. The van der Waals surface area contributed by atoms with Crippen LogP contribution in [-0.2, 0) is 0 Å². The number of benzene rings is 1. The van der Waals surface area contributed by atoms with Gasteiger partial charge in [0, 0.05) is 9.64 Å². The molecular weight excluding hydrogens is 495 g/mol. The van der Waals surface area contributed by atoms with Crippen LogP contribution in [0.4, 0.5) is 11.5 Å². The highest BCUT2D eigenvalue weighted by atomic mass is 127. The molecule has 28 heavy (non-hydrogen) atoms. The first-order valence-electron chi connectivity index (χ1n) is 7.94. The van der Waals surface area contributed by atoms with Crippen LogP contribution in [-0.4, -0.2) is 20.9 Å². The molecule has 3 aromatic rings. The number of carbonyl (C=O) groups is 1. The van der Waals surface area contributed by atoms with E-state index in [4.69, 9.17) is 16.6 Å². The van der Waals surface area contributed by atoms with Crippen LogP contribution in [0.5, 0.6) is 0 Å². The van der Waals surface area contributed by atoms with Gasteiger partial charge in [0.05, 0.1) is 16.2 Å². The highest BCUT2D eigenvalue weighted by Crippen LogP contribution is 2.30. The molecule has 2 N–H and O–H groups in total. The number of anilines is 1. The fourth-order valence-corrected chi connectivity index (χ4v) is 2.87.